The molecule has 0 spiro atoms. The highest BCUT2D eigenvalue weighted by molar-refractivity contribution is 5.73. The van der Waals surface area contributed by atoms with Crippen molar-refractivity contribution in [1.29, 1.82) is 0 Å². The summed E-state index contributed by atoms with van der Waals surface area (Å²) in [6.45, 7) is 6.02. The smallest absolute Gasteiger partial charge is 0.217 e. The number of likely N-dealkylation sites (tertiary alicyclic amines) is 1. The van der Waals surface area contributed by atoms with Gasteiger partial charge in [0.25, 0.3) is 0 Å². The van der Waals surface area contributed by atoms with Gasteiger partial charge in [-0.2, -0.15) is 0 Å². The first-order valence-corrected chi connectivity index (χ1v) is 6.73. The topological polar surface area (TPSA) is 46.3 Å². The number of rotatable bonds is 7. The van der Waals surface area contributed by atoms with Gasteiger partial charge < -0.3 is 10.6 Å². The van der Waals surface area contributed by atoms with Crippen LogP contribution < -0.4 is 5.73 Å². The quantitative estimate of drug-likeness (QED) is 0.723. The largest absolute Gasteiger partial charge is 0.370 e. The summed E-state index contributed by atoms with van der Waals surface area (Å²) in [6, 6.07) is 0. The summed E-state index contributed by atoms with van der Waals surface area (Å²) in [5.41, 5.74) is 5.14. The Kier molecular flexibility index (Phi) is 6.46. The number of hydrogen-bond acceptors (Lipinski definition) is 2. The van der Waals surface area contributed by atoms with Crippen molar-refractivity contribution in [3.8, 4) is 0 Å². The Morgan fingerprint density at radius 3 is 2.56 bits per heavy atom. The minimum absolute atomic E-state index is 0.152. The number of primary amides is 1. The van der Waals surface area contributed by atoms with Crippen LogP contribution in [0, 0.1) is 5.92 Å². The number of unbranched alkanes of at least 4 members (excludes halogenated alkanes) is 1. The Hall–Kier alpha value is -0.570. The Labute approximate surface area is 99.4 Å². The molecule has 0 radical (unpaired) electrons. The van der Waals surface area contributed by atoms with Crippen LogP contribution in [0.25, 0.3) is 0 Å². The number of piperidine rings is 1. The van der Waals surface area contributed by atoms with E-state index in [0.29, 0.717) is 6.42 Å². The van der Waals surface area contributed by atoms with E-state index in [-0.39, 0.29) is 5.91 Å². The van der Waals surface area contributed by atoms with Crippen LogP contribution in [-0.4, -0.2) is 30.4 Å². The molecule has 0 aliphatic carbocycles. The maximum Gasteiger partial charge on any atom is 0.217 e. The molecule has 0 saturated carbocycles. The maximum absolute atomic E-state index is 10.6. The van der Waals surface area contributed by atoms with Gasteiger partial charge in [-0.15, -0.1) is 0 Å². The van der Waals surface area contributed by atoms with Crippen LogP contribution in [0.4, 0.5) is 0 Å². The number of amides is 1. The van der Waals surface area contributed by atoms with E-state index in [1.807, 2.05) is 0 Å². The molecule has 0 bridgehead atoms. The van der Waals surface area contributed by atoms with Crippen LogP contribution in [0.5, 0.6) is 0 Å². The predicted molar refractivity (Wildman–Crippen MR) is 67.1 cm³/mol. The van der Waals surface area contributed by atoms with Gasteiger partial charge in [-0.1, -0.05) is 13.3 Å². The molecule has 1 saturated heterocycles. The SMILES string of the molecule is CCCCN1CCC(CCCC(N)=O)CC1. The number of hydrogen-bond donors (Lipinski definition) is 1. The van der Waals surface area contributed by atoms with Crippen molar-refractivity contribution in [3.63, 3.8) is 0 Å². The average Bonchev–Trinajstić information content (AvgIpc) is 2.27. The zero-order valence-corrected chi connectivity index (χ0v) is 10.6. The summed E-state index contributed by atoms with van der Waals surface area (Å²) >= 11 is 0. The van der Waals surface area contributed by atoms with Crippen molar-refractivity contribution >= 4 is 5.91 Å². The van der Waals surface area contributed by atoms with Gasteiger partial charge in [0.05, 0.1) is 0 Å². The fourth-order valence-corrected chi connectivity index (χ4v) is 2.45. The van der Waals surface area contributed by atoms with E-state index in [0.717, 1.165) is 12.3 Å². The van der Waals surface area contributed by atoms with Crippen LogP contribution in [0.15, 0.2) is 0 Å². The van der Waals surface area contributed by atoms with E-state index in [1.54, 1.807) is 0 Å². The lowest BCUT2D eigenvalue weighted by Crippen LogP contribution is -2.34. The van der Waals surface area contributed by atoms with Gasteiger partial charge in [-0.3, -0.25) is 4.79 Å². The summed E-state index contributed by atoms with van der Waals surface area (Å²) in [5, 5.41) is 0. The highest BCUT2D eigenvalue weighted by Crippen LogP contribution is 2.22. The third-order valence-electron chi connectivity index (χ3n) is 3.57. The predicted octanol–water partition coefficient (Wildman–Crippen LogP) is 2.15. The molecule has 2 N–H and O–H groups in total. The van der Waals surface area contributed by atoms with Gasteiger partial charge in [0.15, 0.2) is 0 Å². The van der Waals surface area contributed by atoms with E-state index in [1.165, 1.54) is 51.7 Å². The lowest BCUT2D eigenvalue weighted by atomic mass is 9.91. The first-order valence-electron chi connectivity index (χ1n) is 6.73. The third-order valence-corrected chi connectivity index (χ3v) is 3.57. The standard InChI is InChI=1S/C13H26N2O/c1-2-3-9-15-10-7-12(8-11-15)5-4-6-13(14)16/h12H,2-11H2,1H3,(H2,14,16). The molecule has 1 fully saturated rings. The van der Waals surface area contributed by atoms with Gasteiger partial charge in [0.2, 0.25) is 5.91 Å². The second kappa shape index (κ2) is 7.66. The van der Waals surface area contributed by atoms with Crippen LogP contribution in [-0.2, 0) is 4.79 Å². The number of carbonyl (C=O) groups is 1. The lowest BCUT2D eigenvalue weighted by Gasteiger charge is -2.31. The second-order valence-corrected chi connectivity index (χ2v) is 5.00. The van der Waals surface area contributed by atoms with Gasteiger partial charge in [-0.05, 0) is 57.7 Å². The molecule has 1 aliphatic heterocycles. The fraction of sp³-hybridized carbons (Fsp3) is 0.923. The molecule has 1 aliphatic rings. The summed E-state index contributed by atoms with van der Waals surface area (Å²) < 4.78 is 0. The number of nitrogens with two attached hydrogens (primary N) is 1. The van der Waals surface area contributed by atoms with E-state index in [9.17, 15) is 4.79 Å². The van der Waals surface area contributed by atoms with Gasteiger partial charge in [0.1, 0.15) is 0 Å². The van der Waals surface area contributed by atoms with E-state index < -0.39 is 0 Å². The minimum atomic E-state index is -0.152. The van der Waals surface area contributed by atoms with Gasteiger partial charge in [-0.25, -0.2) is 0 Å². The van der Waals surface area contributed by atoms with Crippen LogP contribution >= 0.6 is 0 Å². The zero-order chi connectivity index (χ0) is 11.8. The Morgan fingerprint density at radius 2 is 2.00 bits per heavy atom. The van der Waals surface area contributed by atoms with Crippen LogP contribution in [0.3, 0.4) is 0 Å². The van der Waals surface area contributed by atoms with E-state index in [4.69, 9.17) is 5.73 Å². The van der Waals surface area contributed by atoms with Crippen molar-refractivity contribution in [1.82, 2.24) is 4.90 Å². The van der Waals surface area contributed by atoms with Crippen molar-refractivity contribution in [2.24, 2.45) is 11.7 Å². The normalized spacial score (nSPS) is 18.8. The highest BCUT2D eigenvalue weighted by Gasteiger charge is 2.18. The molecule has 1 amide bonds. The number of nitrogens with zero attached hydrogens (tertiary/aromatic N) is 1. The van der Waals surface area contributed by atoms with Gasteiger partial charge in [0, 0.05) is 6.42 Å². The maximum atomic E-state index is 10.6. The van der Waals surface area contributed by atoms with Crippen molar-refractivity contribution in [3.05, 3.63) is 0 Å². The molecule has 0 atom stereocenters. The monoisotopic (exact) mass is 226 g/mol. The summed E-state index contributed by atoms with van der Waals surface area (Å²) in [6.07, 6.45) is 7.96. The van der Waals surface area contributed by atoms with Crippen molar-refractivity contribution < 1.29 is 4.79 Å². The highest BCUT2D eigenvalue weighted by atomic mass is 16.1. The number of carbonyl (C=O) groups excluding carboxylic acids is 1. The molecule has 94 valence electrons. The summed E-state index contributed by atoms with van der Waals surface area (Å²) in [4.78, 5) is 13.2. The fourth-order valence-electron chi connectivity index (χ4n) is 2.45. The van der Waals surface area contributed by atoms with E-state index in [2.05, 4.69) is 11.8 Å². The van der Waals surface area contributed by atoms with Gasteiger partial charge >= 0.3 is 0 Å². The molecule has 0 unspecified atom stereocenters. The molecule has 3 heteroatoms. The van der Waals surface area contributed by atoms with Crippen molar-refractivity contribution in [2.45, 2.75) is 51.9 Å². The molecule has 0 aromatic rings. The third kappa shape index (κ3) is 5.50. The molecule has 1 heterocycles. The van der Waals surface area contributed by atoms with Crippen LogP contribution in [0.1, 0.15) is 51.9 Å². The van der Waals surface area contributed by atoms with Crippen molar-refractivity contribution in [2.75, 3.05) is 19.6 Å². The summed E-state index contributed by atoms with van der Waals surface area (Å²) in [7, 11) is 0. The molecular formula is C13H26N2O. The average molecular weight is 226 g/mol. The van der Waals surface area contributed by atoms with Crippen LogP contribution in [0.2, 0.25) is 0 Å². The minimum Gasteiger partial charge on any atom is -0.370 e. The first kappa shape index (κ1) is 13.5. The molecule has 0 aromatic carbocycles. The lowest BCUT2D eigenvalue weighted by molar-refractivity contribution is -0.118. The summed E-state index contributed by atoms with van der Waals surface area (Å²) in [5.74, 6) is 0.678. The Morgan fingerprint density at radius 1 is 1.31 bits per heavy atom. The van der Waals surface area contributed by atoms with E-state index >= 15 is 0 Å². The zero-order valence-electron chi connectivity index (χ0n) is 10.6. The Bertz CT molecular complexity index is 198. The molecule has 1 rings (SSSR count). The molecule has 3 nitrogen and oxygen atoms in total. The first-order chi connectivity index (χ1) is 7.72. The molecule has 16 heavy (non-hydrogen) atoms. The molecular weight excluding hydrogens is 200 g/mol. The Balaban J connectivity index is 2.05. The second-order valence-electron chi connectivity index (χ2n) is 5.00. The molecule has 0 aromatic heterocycles.